The molecule has 0 spiro atoms. The van der Waals surface area contributed by atoms with Gasteiger partial charge in [0, 0.05) is 18.5 Å². The number of β-amino-alcohol motifs (C(OH)–C–C–N with tert-alkyl or cyclic N) is 1. The van der Waals surface area contributed by atoms with Crippen molar-refractivity contribution >= 4 is 28.4 Å². The van der Waals surface area contributed by atoms with E-state index in [9.17, 15) is 18.7 Å². The number of aromatic nitrogens is 1. The lowest BCUT2D eigenvalue weighted by molar-refractivity contribution is 0.0884. The molecule has 1 aliphatic rings. The molecule has 8 heteroatoms. The summed E-state index contributed by atoms with van der Waals surface area (Å²) in [6.07, 6.45) is -0.679. The number of aliphatic hydroxyl groups excluding tert-OH is 1. The van der Waals surface area contributed by atoms with Gasteiger partial charge in [-0.05, 0) is 12.1 Å². The maximum Gasteiger partial charge on any atom is 0.268 e. The monoisotopic (exact) mass is 315 g/mol. The van der Waals surface area contributed by atoms with Crippen LogP contribution in [0.15, 0.2) is 12.1 Å². The van der Waals surface area contributed by atoms with E-state index in [1.54, 1.807) is 0 Å². The first-order chi connectivity index (χ1) is 9.97. The lowest BCUT2D eigenvalue weighted by Gasteiger charge is -2.14. The predicted molar refractivity (Wildman–Crippen MR) is 73.4 cm³/mol. The van der Waals surface area contributed by atoms with E-state index in [2.05, 4.69) is 15.6 Å². The molecule has 2 atom stereocenters. The van der Waals surface area contributed by atoms with Crippen molar-refractivity contribution in [1.29, 1.82) is 0 Å². The molecule has 1 amide bonds. The second kappa shape index (κ2) is 5.25. The molecule has 0 bridgehead atoms. The molecule has 1 aromatic carbocycles. The fourth-order valence-corrected chi connectivity index (χ4v) is 2.56. The van der Waals surface area contributed by atoms with E-state index in [-0.39, 0.29) is 16.2 Å². The molecule has 21 heavy (non-hydrogen) atoms. The Kier molecular flexibility index (Phi) is 3.56. The number of benzene rings is 1. The summed E-state index contributed by atoms with van der Waals surface area (Å²) < 4.78 is 27.1. The number of fused-ring (bicyclic) bond motifs is 1. The van der Waals surface area contributed by atoms with Crippen molar-refractivity contribution in [2.45, 2.75) is 12.1 Å². The summed E-state index contributed by atoms with van der Waals surface area (Å²) in [7, 11) is 0. The Bertz CT molecular complexity index is 719. The number of hydrogen-bond donors (Lipinski definition) is 4. The van der Waals surface area contributed by atoms with Crippen molar-refractivity contribution in [3.8, 4) is 0 Å². The number of aromatic amines is 1. The van der Waals surface area contributed by atoms with Crippen LogP contribution in [0, 0.1) is 11.6 Å². The number of nitrogens with one attached hydrogen (secondary N) is 3. The van der Waals surface area contributed by atoms with Crippen LogP contribution in [0.5, 0.6) is 0 Å². The molecule has 3 rings (SSSR count). The number of carbonyl (C=O) groups excluding carboxylic acids is 1. The van der Waals surface area contributed by atoms with Crippen molar-refractivity contribution < 1.29 is 18.7 Å². The number of amides is 1. The van der Waals surface area contributed by atoms with Crippen LogP contribution in [0.25, 0.3) is 10.9 Å². The quantitative estimate of drug-likeness (QED) is 0.628. The summed E-state index contributed by atoms with van der Waals surface area (Å²) in [5, 5.41) is 15.1. The molecule has 0 unspecified atom stereocenters. The molecule has 1 aromatic heterocycles. The van der Waals surface area contributed by atoms with Crippen LogP contribution >= 0.6 is 11.6 Å². The van der Waals surface area contributed by atoms with Crippen molar-refractivity contribution in [3.63, 3.8) is 0 Å². The highest BCUT2D eigenvalue weighted by atomic mass is 35.5. The lowest BCUT2D eigenvalue weighted by Crippen LogP contribution is -2.42. The number of aliphatic hydroxyl groups is 1. The van der Waals surface area contributed by atoms with E-state index in [1.807, 2.05) is 0 Å². The second-order valence-electron chi connectivity index (χ2n) is 4.94. The Hall–Kier alpha value is -1.70. The number of carbonyl (C=O) groups is 1. The maximum absolute atomic E-state index is 13.7. The third-order valence-corrected chi connectivity index (χ3v) is 3.77. The number of H-pyrrole nitrogens is 1. The van der Waals surface area contributed by atoms with Crippen molar-refractivity contribution in [2.24, 2.45) is 0 Å². The van der Waals surface area contributed by atoms with Crippen LogP contribution in [0.3, 0.4) is 0 Å². The molecular formula is C13H12ClF2N3O2. The van der Waals surface area contributed by atoms with Crippen LogP contribution in [-0.2, 0) is 0 Å². The normalized spacial score (nSPS) is 21.9. The molecule has 5 nitrogen and oxygen atoms in total. The Morgan fingerprint density at radius 1 is 1.33 bits per heavy atom. The summed E-state index contributed by atoms with van der Waals surface area (Å²) in [5.74, 6) is -2.79. The Balaban J connectivity index is 1.90. The molecule has 112 valence electrons. The van der Waals surface area contributed by atoms with E-state index < -0.39 is 29.7 Å². The van der Waals surface area contributed by atoms with Gasteiger partial charge in [0.05, 0.1) is 22.7 Å². The number of hydrogen-bond acceptors (Lipinski definition) is 3. The van der Waals surface area contributed by atoms with Gasteiger partial charge in [0.1, 0.15) is 5.69 Å². The lowest BCUT2D eigenvalue weighted by atomic mass is 10.2. The average Bonchev–Trinajstić information content (AvgIpc) is 3.03. The largest absolute Gasteiger partial charge is 0.390 e. The third-order valence-electron chi connectivity index (χ3n) is 3.50. The summed E-state index contributed by atoms with van der Waals surface area (Å²) in [5.41, 5.74) is -0.0446. The van der Waals surface area contributed by atoms with Gasteiger partial charge in [-0.2, -0.15) is 0 Å². The van der Waals surface area contributed by atoms with Gasteiger partial charge in [-0.3, -0.25) is 4.79 Å². The zero-order valence-corrected chi connectivity index (χ0v) is 11.5. The minimum atomic E-state index is -1.16. The highest BCUT2D eigenvalue weighted by molar-refractivity contribution is 6.31. The molecule has 0 saturated carbocycles. The van der Waals surface area contributed by atoms with Gasteiger partial charge in [0.25, 0.3) is 5.91 Å². The van der Waals surface area contributed by atoms with Crippen molar-refractivity contribution in [1.82, 2.24) is 15.6 Å². The summed E-state index contributed by atoms with van der Waals surface area (Å²) in [6.45, 7) is 0.842. The Morgan fingerprint density at radius 3 is 2.76 bits per heavy atom. The van der Waals surface area contributed by atoms with Crippen LogP contribution in [-0.4, -0.2) is 41.2 Å². The number of halogens is 3. The highest BCUT2D eigenvalue weighted by Crippen LogP contribution is 2.27. The molecular weight excluding hydrogens is 304 g/mol. The smallest absolute Gasteiger partial charge is 0.268 e. The zero-order valence-electron chi connectivity index (χ0n) is 10.7. The first-order valence-corrected chi connectivity index (χ1v) is 6.71. The molecule has 2 heterocycles. The third kappa shape index (κ3) is 2.48. The molecule has 0 aliphatic carbocycles. The minimum absolute atomic E-state index is 0.0738. The minimum Gasteiger partial charge on any atom is -0.390 e. The molecule has 1 aliphatic heterocycles. The van der Waals surface area contributed by atoms with E-state index in [0.29, 0.717) is 18.5 Å². The summed E-state index contributed by atoms with van der Waals surface area (Å²) in [6, 6.07) is 2.21. The van der Waals surface area contributed by atoms with Gasteiger partial charge in [-0.25, -0.2) is 8.78 Å². The van der Waals surface area contributed by atoms with Gasteiger partial charge >= 0.3 is 0 Å². The number of rotatable bonds is 2. The van der Waals surface area contributed by atoms with Crippen molar-refractivity contribution in [2.75, 3.05) is 13.1 Å². The molecule has 0 radical (unpaired) electrons. The van der Waals surface area contributed by atoms with E-state index in [1.165, 1.54) is 12.1 Å². The fourth-order valence-electron chi connectivity index (χ4n) is 2.36. The summed E-state index contributed by atoms with van der Waals surface area (Å²) >= 11 is 5.57. The fraction of sp³-hybridized carbons (Fsp3) is 0.308. The van der Waals surface area contributed by atoms with Crippen molar-refractivity contribution in [3.05, 3.63) is 34.5 Å². The van der Waals surface area contributed by atoms with Crippen LogP contribution in [0.4, 0.5) is 8.78 Å². The SMILES string of the molecule is O=C(N[C@@H]1CNC[C@@H]1O)c1cc2cc(Cl)c(F)c(F)c2[nH]1. The van der Waals surface area contributed by atoms with E-state index in [4.69, 9.17) is 11.6 Å². The summed E-state index contributed by atoms with van der Waals surface area (Å²) in [4.78, 5) is 14.6. The Morgan fingerprint density at radius 2 is 2.10 bits per heavy atom. The molecule has 2 aromatic rings. The Labute approximate surface area is 123 Å². The van der Waals surface area contributed by atoms with E-state index >= 15 is 0 Å². The first-order valence-electron chi connectivity index (χ1n) is 6.33. The standard InChI is InChI=1S/C13H12ClF2N3O2/c14-6-1-5-2-7(18-12(5)11(16)10(6)15)13(21)19-8-3-17-4-9(8)20/h1-2,8-9,17-18,20H,3-4H2,(H,19,21)/t8-,9+/m1/s1. The molecule has 4 N–H and O–H groups in total. The predicted octanol–water partition coefficient (Wildman–Crippen LogP) is 1.16. The highest BCUT2D eigenvalue weighted by Gasteiger charge is 2.27. The van der Waals surface area contributed by atoms with Crippen LogP contribution in [0.2, 0.25) is 5.02 Å². The van der Waals surface area contributed by atoms with Gasteiger partial charge in [0.15, 0.2) is 11.6 Å². The van der Waals surface area contributed by atoms with Gasteiger partial charge < -0.3 is 20.7 Å². The second-order valence-corrected chi connectivity index (χ2v) is 5.35. The average molecular weight is 316 g/mol. The van der Waals surface area contributed by atoms with Gasteiger partial charge in [0.2, 0.25) is 0 Å². The molecule has 1 fully saturated rings. The van der Waals surface area contributed by atoms with E-state index in [0.717, 1.165) is 0 Å². The van der Waals surface area contributed by atoms with Gasteiger partial charge in [-0.15, -0.1) is 0 Å². The van der Waals surface area contributed by atoms with Crippen LogP contribution in [0.1, 0.15) is 10.5 Å². The first kappa shape index (κ1) is 14.2. The van der Waals surface area contributed by atoms with Crippen LogP contribution < -0.4 is 10.6 Å². The van der Waals surface area contributed by atoms with Gasteiger partial charge in [-0.1, -0.05) is 11.6 Å². The topological polar surface area (TPSA) is 77.2 Å². The zero-order chi connectivity index (χ0) is 15.1. The maximum atomic E-state index is 13.7. The molecule has 1 saturated heterocycles.